The first-order chi connectivity index (χ1) is 16.6. The number of piperidine rings is 1. The number of fused-ring (bicyclic) bond motifs is 1. The molecule has 180 valence electrons. The van der Waals surface area contributed by atoms with Gasteiger partial charge in [-0.05, 0) is 41.9 Å². The summed E-state index contributed by atoms with van der Waals surface area (Å²) in [6.45, 7) is 4.41. The number of aromatic amines is 1. The van der Waals surface area contributed by atoms with Crippen LogP contribution in [-0.4, -0.2) is 48.6 Å². The first kappa shape index (κ1) is 24.0. The zero-order valence-electron chi connectivity index (χ0n) is 20.0. The molecule has 6 heteroatoms. The summed E-state index contributed by atoms with van der Waals surface area (Å²) in [4.78, 5) is 31.4. The first-order valence-electron chi connectivity index (χ1n) is 12.2. The van der Waals surface area contributed by atoms with Gasteiger partial charge in [-0.2, -0.15) is 0 Å². The monoisotopic (exact) mass is 462 g/mol. The predicted octanol–water partition coefficient (Wildman–Crippen LogP) is 4.59. The third-order valence-electron chi connectivity index (χ3n) is 7.08. The number of methoxy groups -OCH3 is 1. The summed E-state index contributed by atoms with van der Waals surface area (Å²) in [6, 6.07) is 18.2. The smallest absolute Gasteiger partial charge is 0.318 e. The minimum atomic E-state index is -0.771. The highest BCUT2D eigenvalue weighted by molar-refractivity contribution is 5.98. The molecule has 3 aromatic rings. The molecule has 3 atom stereocenters. The summed E-state index contributed by atoms with van der Waals surface area (Å²) >= 11 is 0. The number of aromatic nitrogens is 1. The van der Waals surface area contributed by atoms with Gasteiger partial charge in [0.15, 0.2) is 0 Å². The Balaban J connectivity index is 1.42. The van der Waals surface area contributed by atoms with Crippen LogP contribution in [-0.2, 0) is 32.1 Å². The molecule has 1 saturated heterocycles. The number of H-pyrrole nitrogens is 1. The van der Waals surface area contributed by atoms with Crippen molar-refractivity contribution in [1.82, 2.24) is 9.88 Å². The van der Waals surface area contributed by atoms with E-state index in [1.807, 2.05) is 53.6 Å². The largest absolute Gasteiger partial charge is 0.468 e. The van der Waals surface area contributed by atoms with Crippen molar-refractivity contribution in [2.75, 3.05) is 26.8 Å². The zero-order chi connectivity index (χ0) is 23.9. The molecule has 1 amide bonds. The molecule has 2 unspecified atom stereocenters. The van der Waals surface area contributed by atoms with Gasteiger partial charge >= 0.3 is 5.97 Å². The Labute approximate surface area is 201 Å². The minimum absolute atomic E-state index is 0.0786. The van der Waals surface area contributed by atoms with Gasteiger partial charge in [-0.1, -0.05) is 61.9 Å². The van der Waals surface area contributed by atoms with Crippen molar-refractivity contribution < 1.29 is 19.1 Å². The van der Waals surface area contributed by atoms with Crippen molar-refractivity contribution in [3.63, 3.8) is 0 Å². The van der Waals surface area contributed by atoms with Crippen LogP contribution in [0.3, 0.4) is 0 Å². The number of ether oxygens (including phenoxy) is 2. The molecule has 1 aliphatic rings. The molecular weight excluding hydrogens is 428 g/mol. The molecule has 4 rings (SSSR count). The van der Waals surface area contributed by atoms with Crippen LogP contribution in [0.4, 0.5) is 0 Å². The fraction of sp³-hybridized carbons (Fsp3) is 0.429. The maximum Gasteiger partial charge on any atom is 0.318 e. The number of rotatable bonds is 10. The van der Waals surface area contributed by atoms with Gasteiger partial charge < -0.3 is 19.4 Å². The molecule has 0 bridgehead atoms. The molecule has 0 radical (unpaired) electrons. The average Bonchev–Trinajstić information content (AvgIpc) is 3.29. The lowest BCUT2D eigenvalue weighted by Crippen LogP contribution is -2.54. The summed E-state index contributed by atoms with van der Waals surface area (Å²) in [7, 11) is 1.37. The van der Waals surface area contributed by atoms with Crippen LogP contribution in [0, 0.1) is 17.8 Å². The molecule has 2 aromatic carbocycles. The first-order valence-corrected chi connectivity index (χ1v) is 12.2. The molecule has 0 saturated carbocycles. The third kappa shape index (κ3) is 5.33. The van der Waals surface area contributed by atoms with E-state index >= 15 is 0 Å². The van der Waals surface area contributed by atoms with Crippen LogP contribution in [0.15, 0.2) is 60.8 Å². The number of carbonyl (C=O) groups excluding carboxylic acids is 2. The van der Waals surface area contributed by atoms with Crippen molar-refractivity contribution >= 4 is 22.8 Å². The lowest BCUT2D eigenvalue weighted by atomic mass is 9.74. The van der Waals surface area contributed by atoms with Gasteiger partial charge in [-0.3, -0.25) is 9.59 Å². The van der Waals surface area contributed by atoms with E-state index in [-0.39, 0.29) is 17.7 Å². The van der Waals surface area contributed by atoms with Crippen molar-refractivity contribution in [2.45, 2.75) is 32.8 Å². The maximum atomic E-state index is 13.5. The lowest BCUT2D eigenvalue weighted by Gasteiger charge is -2.42. The highest BCUT2D eigenvalue weighted by atomic mass is 16.5. The van der Waals surface area contributed by atoms with E-state index < -0.39 is 11.9 Å². The number of carbonyl (C=O) groups is 2. The normalized spacial score (nSPS) is 20.6. The molecule has 34 heavy (non-hydrogen) atoms. The van der Waals surface area contributed by atoms with Crippen LogP contribution in [0.25, 0.3) is 10.9 Å². The van der Waals surface area contributed by atoms with E-state index in [0.29, 0.717) is 32.7 Å². The topological polar surface area (TPSA) is 71.6 Å². The number of esters is 1. The number of amides is 1. The number of benzene rings is 2. The summed E-state index contributed by atoms with van der Waals surface area (Å²) in [6.07, 6.45) is 4.31. The second kappa shape index (κ2) is 11.3. The van der Waals surface area contributed by atoms with Crippen LogP contribution < -0.4 is 0 Å². The second-order valence-electron chi connectivity index (χ2n) is 9.05. The third-order valence-corrected chi connectivity index (χ3v) is 7.08. The fourth-order valence-electron chi connectivity index (χ4n) is 5.18. The molecule has 1 aliphatic heterocycles. The molecule has 1 N–H and O–H groups in total. The molecule has 1 aromatic heterocycles. The van der Waals surface area contributed by atoms with E-state index in [9.17, 15) is 9.59 Å². The quantitative estimate of drug-likeness (QED) is 0.272. The molecule has 0 spiro atoms. The van der Waals surface area contributed by atoms with Gasteiger partial charge in [0.05, 0.1) is 13.7 Å². The van der Waals surface area contributed by atoms with Crippen LogP contribution in [0.2, 0.25) is 0 Å². The van der Waals surface area contributed by atoms with Crippen molar-refractivity contribution in [1.29, 1.82) is 0 Å². The number of nitrogens with one attached hydrogen (secondary N) is 1. The van der Waals surface area contributed by atoms with Crippen molar-refractivity contribution in [3.05, 3.63) is 71.9 Å². The highest BCUT2D eigenvalue weighted by Crippen LogP contribution is 2.35. The maximum absolute atomic E-state index is 13.5. The van der Waals surface area contributed by atoms with Crippen LogP contribution >= 0.6 is 0 Å². The number of para-hydroxylation sites is 1. The van der Waals surface area contributed by atoms with Crippen molar-refractivity contribution in [3.8, 4) is 0 Å². The summed E-state index contributed by atoms with van der Waals surface area (Å²) < 4.78 is 11.0. The predicted molar refractivity (Wildman–Crippen MR) is 132 cm³/mol. The molecule has 6 nitrogen and oxygen atoms in total. The van der Waals surface area contributed by atoms with E-state index in [2.05, 4.69) is 24.0 Å². The summed E-state index contributed by atoms with van der Waals surface area (Å²) in [5.41, 5.74) is 3.39. The Morgan fingerprint density at radius 2 is 1.88 bits per heavy atom. The number of hydrogen-bond donors (Lipinski definition) is 1. The second-order valence-corrected chi connectivity index (χ2v) is 9.05. The van der Waals surface area contributed by atoms with Gasteiger partial charge in [-0.15, -0.1) is 0 Å². The molecule has 1 fully saturated rings. The molecular formula is C28H34N2O4. The van der Waals surface area contributed by atoms with Gasteiger partial charge in [0.2, 0.25) is 5.91 Å². The van der Waals surface area contributed by atoms with Crippen LogP contribution in [0.1, 0.15) is 30.9 Å². The fourth-order valence-corrected chi connectivity index (χ4v) is 5.18. The number of hydrogen-bond acceptors (Lipinski definition) is 4. The van der Waals surface area contributed by atoms with Crippen molar-refractivity contribution in [2.24, 2.45) is 17.8 Å². The van der Waals surface area contributed by atoms with E-state index in [4.69, 9.17) is 9.47 Å². The molecule has 0 aliphatic carbocycles. The standard InChI is InChI=1S/C28H34N2O4/c1-3-21-18-30(15-13-22-17-29-25-12-8-7-11-23(22)25)27(31)26(28(32)33-2)24(21)14-16-34-19-20-9-5-4-6-10-20/h4-12,17,21,24,26,29H,3,13-16,18-19H2,1-2H3/t21?,24-,26?/m1/s1. The van der Waals surface area contributed by atoms with Gasteiger partial charge in [-0.25, -0.2) is 0 Å². The Bertz CT molecular complexity index is 1090. The number of nitrogens with zero attached hydrogens (tertiary/aromatic N) is 1. The molecule has 2 heterocycles. The SMILES string of the molecule is CCC1CN(CCc2c[nH]c3ccccc23)C(=O)C(C(=O)OC)[C@@H]1CCOCc1ccccc1. The Kier molecular flexibility index (Phi) is 8.01. The average molecular weight is 463 g/mol. The minimum Gasteiger partial charge on any atom is -0.468 e. The lowest BCUT2D eigenvalue weighted by molar-refractivity contribution is -0.162. The highest BCUT2D eigenvalue weighted by Gasteiger charge is 2.46. The van der Waals surface area contributed by atoms with Gasteiger partial charge in [0.25, 0.3) is 0 Å². The number of likely N-dealkylation sites (tertiary alicyclic amines) is 1. The van der Waals surface area contributed by atoms with Gasteiger partial charge in [0, 0.05) is 36.8 Å². The van der Waals surface area contributed by atoms with Crippen LogP contribution in [0.5, 0.6) is 0 Å². The Morgan fingerprint density at radius 1 is 1.12 bits per heavy atom. The zero-order valence-corrected chi connectivity index (χ0v) is 20.0. The summed E-state index contributed by atoms with van der Waals surface area (Å²) in [5, 5.41) is 1.18. The van der Waals surface area contributed by atoms with E-state index in [1.54, 1.807) is 0 Å². The Hall–Kier alpha value is -3.12. The van der Waals surface area contributed by atoms with E-state index in [1.165, 1.54) is 18.1 Å². The Morgan fingerprint density at radius 3 is 2.65 bits per heavy atom. The van der Waals surface area contributed by atoms with E-state index in [0.717, 1.165) is 23.9 Å². The summed E-state index contributed by atoms with van der Waals surface area (Å²) in [5.74, 6) is -1.18. The van der Waals surface area contributed by atoms with Gasteiger partial charge in [0.1, 0.15) is 5.92 Å².